The molecule has 2 N–H and O–H groups in total. The van der Waals surface area contributed by atoms with E-state index in [0.29, 0.717) is 40.6 Å². The fraction of sp³-hybridized carbons (Fsp3) is 0.185. The molecule has 0 saturated heterocycles. The van der Waals surface area contributed by atoms with E-state index >= 15 is 0 Å². The van der Waals surface area contributed by atoms with Crippen LogP contribution in [-0.2, 0) is 7.05 Å². The zero-order chi connectivity index (χ0) is 26.1. The number of amides is 1. The number of aryl methyl sites for hydroxylation is 1. The van der Waals surface area contributed by atoms with Gasteiger partial charge in [0.1, 0.15) is 35.3 Å². The highest BCUT2D eigenvalue weighted by Gasteiger charge is 2.21. The number of nitrogens with one attached hydrogen (secondary N) is 2. The molecule has 1 unspecified atom stereocenters. The van der Waals surface area contributed by atoms with E-state index in [-0.39, 0.29) is 29.5 Å². The molecule has 37 heavy (non-hydrogen) atoms. The van der Waals surface area contributed by atoms with Crippen molar-refractivity contribution in [3.63, 3.8) is 0 Å². The van der Waals surface area contributed by atoms with E-state index in [1.54, 1.807) is 42.5 Å². The third-order valence-electron chi connectivity index (χ3n) is 6.14. The standard InChI is InChI=1S/C27H22F2N6O2/c1-15(25-32-22-13-18(28)12-20(29)24(22)34-25)26-33-21-8-5-17(11-23(21)35(26)2)27(36)31-9-10-37-19-6-3-16(14-30)4-7-19/h3-8,11-13,15H,9-10H2,1-2H3,(H,31,36)(H,32,34). The number of imidazole rings is 2. The number of fused-ring (bicyclic) bond motifs is 2. The van der Waals surface area contributed by atoms with Gasteiger partial charge in [-0.05, 0) is 55.5 Å². The molecule has 8 nitrogen and oxygen atoms in total. The smallest absolute Gasteiger partial charge is 0.251 e. The largest absolute Gasteiger partial charge is 0.492 e. The molecule has 10 heteroatoms. The summed E-state index contributed by atoms with van der Waals surface area (Å²) in [5.74, 6) is -0.278. The van der Waals surface area contributed by atoms with Crippen molar-refractivity contribution >= 4 is 28.0 Å². The molecule has 0 saturated carbocycles. The topological polar surface area (TPSA) is 109 Å². The first kappa shape index (κ1) is 23.9. The maximum absolute atomic E-state index is 14.1. The Morgan fingerprint density at radius 1 is 1.16 bits per heavy atom. The van der Waals surface area contributed by atoms with Gasteiger partial charge in [0.2, 0.25) is 0 Å². The Hall–Kier alpha value is -4.78. The molecule has 0 aliphatic rings. The summed E-state index contributed by atoms with van der Waals surface area (Å²) >= 11 is 0. The van der Waals surface area contributed by atoms with Crippen LogP contribution in [-0.4, -0.2) is 38.6 Å². The Labute approximate surface area is 210 Å². The second-order valence-electron chi connectivity index (χ2n) is 8.60. The minimum atomic E-state index is -0.729. The van der Waals surface area contributed by atoms with Crippen LogP contribution in [0.15, 0.2) is 54.6 Å². The molecule has 0 fully saturated rings. The maximum atomic E-state index is 14.1. The number of carbonyl (C=O) groups is 1. The van der Waals surface area contributed by atoms with Gasteiger partial charge in [-0.15, -0.1) is 0 Å². The summed E-state index contributed by atoms with van der Waals surface area (Å²) in [6.45, 7) is 2.44. The highest BCUT2D eigenvalue weighted by molar-refractivity contribution is 5.97. The predicted octanol–water partition coefficient (Wildman–Crippen LogP) is 4.56. The quantitative estimate of drug-likeness (QED) is 0.319. The fourth-order valence-corrected chi connectivity index (χ4v) is 4.19. The van der Waals surface area contributed by atoms with Crippen molar-refractivity contribution in [2.24, 2.45) is 7.05 Å². The molecule has 3 aromatic carbocycles. The number of benzene rings is 3. The second-order valence-corrected chi connectivity index (χ2v) is 8.60. The summed E-state index contributed by atoms with van der Waals surface area (Å²) in [6, 6.07) is 16.0. The first-order valence-electron chi connectivity index (χ1n) is 11.6. The first-order chi connectivity index (χ1) is 17.8. The van der Waals surface area contributed by atoms with Gasteiger partial charge in [0.15, 0.2) is 5.82 Å². The lowest BCUT2D eigenvalue weighted by Crippen LogP contribution is -2.28. The molecule has 0 bridgehead atoms. The van der Waals surface area contributed by atoms with E-state index in [4.69, 9.17) is 10.00 Å². The monoisotopic (exact) mass is 500 g/mol. The lowest BCUT2D eigenvalue weighted by atomic mass is 10.1. The number of aromatic nitrogens is 4. The van der Waals surface area contributed by atoms with Crippen molar-refractivity contribution in [1.29, 1.82) is 5.26 Å². The molecule has 5 aromatic rings. The van der Waals surface area contributed by atoms with Crippen LogP contribution in [0.4, 0.5) is 8.78 Å². The Morgan fingerprint density at radius 3 is 2.70 bits per heavy atom. The normalized spacial score (nSPS) is 12.0. The van der Waals surface area contributed by atoms with Crippen molar-refractivity contribution in [1.82, 2.24) is 24.8 Å². The average molecular weight is 501 g/mol. The third-order valence-corrected chi connectivity index (χ3v) is 6.14. The highest BCUT2D eigenvalue weighted by atomic mass is 19.1. The third kappa shape index (κ3) is 4.71. The van der Waals surface area contributed by atoms with Crippen LogP contribution in [0.3, 0.4) is 0 Å². The van der Waals surface area contributed by atoms with Gasteiger partial charge >= 0.3 is 0 Å². The Morgan fingerprint density at radius 2 is 1.95 bits per heavy atom. The summed E-state index contributed by atoms with van der Waals surface area (Å²) in [5.41, 5.74) is 2.81. The maximum Gasteiger partial charge on any atom is 0.251 e. The predicted molar refractivity (Wildman–Crippen MR) is 133 cm³/mol. The molecule has 5 rings (SSSR count). The van der Waals surface area contributed by atoms with Gasteiger partial charge in [0.05, 0.1) is 40.6 Å². The number of H-pyrrole nitrogens is 1. The molecule has 1 atom stereocenters. The number of rotatable bonds is 7. The molecule has 0 aliphatic carbocycles. The number of carbonyl (C=O) groups excluding carboxylic acids is 1. The number of nitriles is 1. The lowest BCUT2D eigenvalue weighted by molar-refractivity contribution is 0.0947. The van der Waals surface area contributed by atoms with Gasteiger partial charge in [-0.3, -0.25) is 4.79 Å². The second kappa shape index (κ2) is 9.70. The minimum Gasteiger partial charge on any atom is -0.492 e. The van der Waals surface area contributed by atoms with Crippen LogP contribution in [0.5, 0.6) is 5.75 Å². The summed E-state index contributed by atoms with van der Waals surface area (Å²) < 4.78 is 35.2. The van der Waals surface area contributed by atoms with E-state index in [1.807, 2.05) is 24.6 Å². The molecule has 2 heterocycles. The van der Waals surface area contributed by atoms with Crippen molar-refractivity contribution < 1.29 is 18.3 Å². The summed E-state index contributed by atoms with van der Waals surface area (Å²) in [4.78, 5) is 24.7. The first-order valence-corrected chi connectivity index (χ1v) is 11.6. The van der Waals surface area contributed by atoms with Gasteiger partial charge in [0.25, 0.3) is 5.91 Å². The lowest BCUT2D eigenvalue weighted by Gasteiger charge is -2.09. The summed E-state index contributed by atoms with van der Waals surface area (Å²) in [7, 11) is 1.83. The van der Waals surface area contributed by atoms with Crippen molar-refractivity contribution in [3.05, 3.63) is 89.0 Å². The Balaban J connectivity index is 1.29. The van der Waals surface area contributed by atoms with Gasteiger partial charge in [-0.25, -0.2) is 18.7 Å². The van der Waals surface area contributed by atoms with E-state index in [2.05, 4.69) is 20.3 Å². The number of ether oxygens (including phenoxy) is 1. The van der Waals surface area contributed by atoms with Crippen molar-refractivity contribution in [2.45, 2.75) is 12.8 Å². The molecule has 186 valence electrons. The number of halogens is 2. The SMILES string of the molecule is CC(c1nc2c(F)cc(F)cc2[nH]1)c1nc2ccc(C(=O)NCCOc3ccc(C#N)cc3)cc2n1C. The molecule has 2 aromatic heterocycles. The molecular formula is C27H22F2N6O2. The van der Waals surface area contributed by atoms with Crippen LogP contribution < -0.4 is 10.1 Å². The summed E-state index contributed by atoms with van der Waals surface area (Å²) in [5, 5.41) is 11.7. The van der Waals surface area contributed by atoms with Crippen LogP contribution in [0.25, 0.3) is 22.1 Å². The van der Waals surface area contributed by atoms with Gasteiger partial charge in [0, 0.05) is 18.7 Å². The fourth-order valence-electron chi connectivity index (χ4n) is 4.19. The number of hydrogen-bond donors (Lipinski definition) is 2. The van der Waals surface area contributed by atoms with E-state index in [0.717, 1.165) is 11.6 Å². The Kier molecular flexibility index (Phi) is 6.27. The van der Waals surface area contributed by atoms with Gasteiger partial charge in [-0.2, -0.15) is 5.26 Å². The van der Waals surface area contributed by atoms with Gasteiger partial charge in [-0.1, -0.05) is 0 Å². The van der Waals surface area contributed by atoms with E-state index < -0.39 is 11.6 Å². The van der Waals surface area contributed by atoms with Crippen molar-refractivity contribution in [2.75, 3.05) is 13.2 Å². The molecular weight excluding hydrogens is 478 g/mol. The zero-order valence-corrected chi connectivity index (χ0v) is 20.0. The number of aromatic amines is 1. The van der Waals surface area contributed by atoms with Crippen LogP contribution in [0.1, 0.15) is 40.4 Å². The van der Waals surface area contributed by atoms with Gasteiger partial charge < -0.3 is 19.6 Å². The number of hydrogen-bond acceptors (Lipinski definition) is 5. The van der Waals surface area contributed by atoms with Crippen LogP contribution in [0, 0.1) is 23.0 Å². The summed E-state index contributed by atoms with van der Waals surface area (Å²) in [6.07, 6.45) is 0. The van der Waals surface area contributed by atoms with Crippen molar-refractivity contribution in [3.8, 4) is 11.8 Å². The highest BCUT2D eigenvalue weighted by Crippen LogP contribution is 2.28. The Bertz CT molecular complexity index is 1670. The molecule has 1 amide bonds. The van der Waals surface area contributed by atoms with Crippen LogP contribution in [0.2, 0.25) is 0 Å². The van der Waals surface area contributed by atoms with Crippen LogP contribution >= 0.6 is 0 Å². The molecule has 0 spiro atoms. The van der Waals surface area contributed by atoms with E-state index in [1.165, 1.54) is 6.07 Å². The number of nitrogens with zero attached hydrogens (tertiary/aromatic N) is 4. The average Bonchev–Trinajstić information content (AvgIpc) is 3.47. The zero-order valence-electron chi connectivity index (χ0n) is 20.0. The minimum absolute atomic E-state index is 0.0733. The van der Waals surface area contributed by atoms with E-state index in [9.17, 15) is 13.6 Å². The molecule has 0 radical (unpaired) electrons. The molecule has 0 aliphatic heterocycles.